The number of carboxylic acid groups (broad SMARTS) is 1. The summed E-state index contributed by atoms with van der Waals surface area (Å²) in [6, 6.07) is 4.13. The van der Waals surface area contributed by atoms with Gasteiger partial charge < -0.3 is 19.0 Å². The molecule has 0 amide bonds. The van der Waals surface area contributed by atoms with E-state index in [9.17, 15) is 18.0 Å². The predicted octanol–water partition coefficient (Wildman–Crippen LogP) is 5.24. The van der Waals surface area contributed by atoms with E-state index < -0.39 is 23.6 Å². The number of nitrogens with zero attached hydrogens (tertiary/aromatic N) is 3. The maximum absolute atomic E-state index is 12.7. The summed E-state index contributed by atoms with van der Waals surface area (Å²) < 4.78 is 54.5. The van der Waals surface area contributed by atoms with Crippen molar-refractivity contribution in [1.82, 2.24) is 15.0 Å². The maximum atomic E-state index is 12.7. The smallest absolute Gasteiger partial charge is 0.425 e. The van der Waals surface area contributed by atoms with Gasteiger partial charge in [-0.05, 0) is 37.1 Å². The second-order valence-corrected chi connectivity index (χ2v) is 7.64. The molecule has 3 heterocycles. The Labute approximate surface area is 182 Å². The first kappa shape index (κ1) is 21.6. The maximum Gasteiger partial charge on any atom is 0.425 e. The van der Waals surface area contributed by atoms with Crippen LogP contribution in [0, 0.1) is 13.8 Å². The fraction of sp³-hybridized carbons (Fsp3) is 0.200. The lowest BCUT2D eigenvalue weighted by Crippen LogP contribution is -2.10. The highest BCUT2D eigenvalue weighted by Gasteiger charge is 2.32. The lowest BCUT2D eigenvalue weighted by Gasteiger charge is -2.11. The number of ether oxygens (including phenoxy) is 2. The summed E-state index contributed by atoms with van der Waals surface area (Å²) in [7, 11) is 0. The fourth-order valence-corrected chi connectivity index (χ4v) is 3.63. The Morgan fingerprint density at radius 3 is 2.53 bits per heavy atom. The van der Waals surface area contributed by atoms with Gasteiger partial charge in [0.25, 0.3) is 5.71 Å². The summed E-state index contributed by atoms with van der Waals surface area (Å²) in [6.45, 7) is 3.06. The first-order valence-electron chi connectivity index (χ1n) is 9.03. The number of fused-ring (bicyclic) bond motifs is 1. The topological polar surface area (TPSA) is 108 Å². The van der Waals surface area contributed by atoms with E-state index in [1.165, 1.54) is 11.6 Å². The van der Waals surface area contributed by atoms with Gasteiger partial charge in [0, 0.05) is 17.0 Å². The molecule has 0 spiro atoms. The number of aromatic nitrogens is 3. The van der Waals surface area contributed by atoms with Crippen molar-refractivity contribution in [2.24, 2.45) is 0 Å². The molecule has 0 aliphatic carbocycles. The van der Waals surface area contributed by atoms with Crippen LogP contribution in [0.2, 0.25) is 0 Å². The van der Waals surface area contributed by atoms with E-state index in [0.717, 1.165) is 6.07 Å². The number of carboxylic acids is 1. The van der Waals surface area contributed by atoms with Crippen molar-refractivity contribution in [2.45, 2.75) is 20.0 Å². The highest BCUT2D eigenvalue weighted by Crippen LogP contribution is 2.37. The van der Waals surface area contributed by atoms with E-state index in [4.69, 9.17) is 19.0 Å². The summed E-state index contributed by atoms with van der Waals surface area (Å²) in [5, 5.41) is 10.0. The van der Waals surface area contributed by atoms with E-state index in [1.807, 2.05) is 0 Å². The predicted molar refractivity (Wildman–Crippen MR) is 107 cm³/mol. The molecule has 0 unspecified atom stereocenters. The minimum Gasteiger partial charge on any atom is -0.481 e. The molecule has 4 rings (SSSR count). The second kappa shape index (κ2) is 8.11. The van der Waals surface area contributed by atoms with Crippen molar-refractivity contribution in [3.05, 3.63) is 45.8 Å². The molecule has 0 bridgehead atoms. The van der Waals surface area contributed by atoms with Crippen molar-refractivity contribution in [2.75, 3.05) is 6.61 Å². The molecule has 1 N–H and O–H groups in total. The number of benzene rings is 1. The molecular formula is C20H14F3N3O5S. The molecule has 0 atom stereocenters. The van der Waals surface area contributed by atoms with Crippen molar-refractivity contribution in [1.29, 1.82) is 0 Å². The zero-order valence-electron chi connectivity index (χ0n) is 16.6. The van der Waals surface area contributed by atoms with Gasteiger partial charge in [0.05, 0.1) is 6.20 Å². The summed E-state index contributed by atoms with van der Waals surface area (Å²) in [6.07, 6.45) is -3.12. The Bertz CT molecular complexity index is 1290. The van der Waals surface area contributed by atoms with Gasteiger partial charge in [-0.3, -0.25) is 0 Å². The number of carbonyl (C=O) groups is 1. The summed E-state index contributed by atoms with van der Waals surface area (Å²) >= 11 is 0.505. The van der Waals surface area contributed by atoms with Crippen LogP contribution in [0.3, 0.4) is 0 Å². The Kier molecular flexibility index (Phi) is 5.46. The minimum absolute atomic E-state index is 0.0374. The molecule has 0 saturated carbocycles. The van der Waals surface area contributed by atoms with Crippen LogP contribution in [-0.4, -0.2) is 32.6 Å². The summed E-state index contributed by atoms with van der Waals surface area (Å²) in [5.41, 5.74) is 2.41. The van der Waals surface area contributed by atoms with Gasteiger partial charge in [-0.25, -0.2) is 14.8 Å². The average Bonchev–Trinajstić information content (AvgIpc) is 3.33. The highest BCUT2D eigenvalue weighted by molar-refractivity contribution is 7.10. The summed E-state index contributed by atoms with van der Waals surface area (Å²) in [4.78, 5) is 22.3. The number of oxazole rings is 1. The van der Waals surface area contributed by atoms with Crippen molar-refractivity contribution < 1.29 is 37.0 Å². The van der Waals surface area contributed by atoms with Crippen LogP contribution in [0.1, 0.15) is 16.0 Å². The monoisotopic (exact) mass is 465 g/mol. The van der Waals surface area contributed by atoms with Gasteiger partial charge in [-0.15, -0.1) is 11.3 Å². The van der Waals surface area contributed by atoms with E-state index >= 15 is 0 Å². The molecule has 166 valence electrons. The molecule has 12 heteroatoms. The number of halogens is 3. The SMILES string of the molecule is Cc1cc(-c2nc3cnc(Oc4csc(C(F)(F)F)c4)nc3o2)cc(C)c1OCC(=O)O. The lowest BCUT2D eigenvalue weighted by atomic mass is 10.1. The molecule has 0 radical (unpaired) electrons. The third-order valence-corrected chi connectivity index (χ3v) is 5.19. The van der Waals surface area contributed by atoms with E-state index in [0.29, 0.717) is 39.3 Å². The number of aliphatic carboxylic acids is 1. The number of hydrogen-bond donors (Lipinski definition) is 1. The second-order valence-electron chi connectivity index (χ2n) is 6.73. The van der Waals surface area contributed by atoms with Crippen molar-refractivity contribution in [3.8, 4) is 29.0 Å². The van der Waals surface area contributed by atoms with E-state index in [2.05, 4.69) is 15.0 Å². The number of alkyl halides is 3. The molecule has 8 nitrogen and oxygen atoms in total. The van der Waals surface area contributed by atoms with Crippen LogP contribution < -0.4 is 9.47 Å². The van der Waals surface area contributed by atoms with Gasteiger partial charge in [0.1, 0.15) is 21.9 Å². The first-order valence-corrected chi connectivity index (χ1v) is 9.91. The largest absolute Gasteiger partial charge is 0.481 e. The lowest BCUT2D eigenvalue weighted by molar-refractivity contribution is -0.139. The summed E-state index contributed by atoms with van der Waals surface area (Å²) in [5.74, 6) is -0.431. The quantitative estimate of drug-likeness (QED) is 0.412. The van der Waals surface area contributed by atoms with Crippen molar-refractivity contribution in [3.63, 3.8) is 0 Å². The van der Waals surface area contributed by atoms with Crippen LogP contribution >= 0.6 is 11.3 Å². The Hall–Kier alpha value is -3.67. The Balaban J connectivity index is 1.59. The third kappa shape index (κ3) is 4.49. The highest BCUT2D eigenvalue weighted by atomic mass is 32.1. The molecular weight excluding hydrogens is 451 g/mol. The average molecular weight is 465 g/mol. The van der Waals surface area contributed by atoms with Gasteiger partial charge in [0.2, 0.25) is 5.89 Å². The van der Waals surface area contributed by atoms with Crippen LogP contribution in [0.4, 0.5) is 13.2 Å². The molecule has 0 aliphatic heterocycles. The molecule has 0 aliphatic rings. The van der Waals surface area contributed by atoms with Crippen LogP contribution in [0.25, 0.3) is 22.7 Å². The van der Waals surface area contributed by atoms with Crippen molar-refractivity contribution >= 4 is 28.5 Å². The first-order chi connectivity index (χ1) is 15.1. The fourth-order valence-electron chi connectivity index (χ4n) is 2.95. The van der Waals surface area contributed by atoms with Gasteiger partial charge >= 0.3 is 18.2 Å². The number of thiophene rings is 1. The normalized spacial score (nSPS) is 11.7. The van der Waals surface area contributed by atoms with Crippen LogP contribution in [-0.2, 0) is 11.0 Å². The van der Waals surface area contributed by atoms with Gasteiger partial charge in [-0.2, -0.15) is 18.2 Å². The Morgan fingerprint density at radius 2 is 1.91 bits per heavy atom. The Morgan fingerprint density at radius 1 is 1.19 bits per heavy atom. The number of aryl methyl sites for hydroxylation is 2. The van der Waals surface area contributed by atoms with Crippen LogP contribution in [0.15, 0.2) is 34.2 Å². The zero-order valence-corrected chi connectivity index (χ0v) is 17.4. The van der Waals surface area contributed by atoms with Gasteiger partial charge in [0.15, 0.2) is 6.61 Å². The minimum atomic E-state index is -4.46. The molecule has 1 aromatic carbocycles. The zero-order chi connectivity index (χ0) is 23.0. The molecule has 0 saturated heterocycles. The number of hydrogen-bond acceptors (Lipinski definition) is 8. The van der Waals surface area contributed by atoms with Crippen LogP contribution in [0.5, 0.6) is 17.5 Å². The van der Waals surface area contributed by atoms with E-state index in [-0.39, 0.29) is 23.4 Å². The van der Waals surface area contributed by atoms with E-state index in [1.54, 1.807) is 26.0 Å². The third-order valence-electron chi connectivity index (χ3n) is 4.24. The van der Waals surface area contributed by atoms with Gasteiger partial charge in [-0.1, -0.05) is 0 Å². The number of rotatable bonds is 6. The molecule has 3 aromatic heterocycles. The molecule has 32 heavy (non-hydrogen) atoms. The molecule has 0 fully saturated rings. The standard InChI is InChI=1S/C20H14F3N3O5S/c1-9-3-11(4-10(2)16(9)29-7-15(27)28)17-25-13-6-24-19(26-18(13)31-17)30-12-5-14(32-8-12)20(21,22)23/h3-6,8H,7H2,1-2H3,(H,27,28). The molecule has 4 aromatic rings.